The predicted octanol–water partition coefficient (Wildman–Crippen LogP) is 1.74. The molecule has 9 heteroatoms. The summed E-state index contributed by atoms with van der Waals surface area (Å²) in [6.45, 7) is -0.136. The molecular formula is C11H15Cl2NO4S2. The Kier molecular flexibility index (Phi) is 5.86. The zero-order valence-electron chi connectivity index (χ0n) is 11.0. The number of alkyl halides is 1. The van der Waals surface area contributed by atoms with Gasteiger partial charge in [-0.3, -0.25) is 0 Å². The summed E-state index contributed by atoms with van der Waals surface area (Å²) in [5.41, 5.74) is 0.617. The average molecular weight is 360 g/mol. The minimum absolute atomic E-state index is 0.0741. The van der Waals surface area contributed by atoms with Crippen LogP contribution in [0.15, 0.2) is 23.1 Å². The number of hydrogen-bond donors (Lipinski definition) is 0. The molecule has 0 fully saturated rings. The van der Waals surface area contributed by atoms with E-state index in [9.17, 15) is 16.8 Å². The molecule has 1 aromatic carbocycles. The van der Waals surface area contributed by atoms with E-state index in [0.717, 1.165) is 10.6 Å². The van der Waals surface area contributed by atoms with Crippen molar-refractivity contribution in [1.29, 1.82) is 0 Å². The normalized spacial score (nSPS) is 12.8. The van der Waals surface area contributed by atoms with Crippen molar-refractivity contribution in [2.45, 2.75) is 10.8 Å². The summed E-state index contributed by atoms with van der Waals surface area (Å²) in [7, 11) is -5.78. The second-order valence-electron chi connectivity index (χ2n) is 4.35. The van der Waals surface area contributed by atoms with Crippen molar-refractivity contribution in [3.8, 4) is 0 Å². The van der Waals surface area contributed by atoms with Crippen LogP contribution in [0.25, 0.3) is 0 Å². The molecule has 0 aliphatic rings. The van der Waals surface area contributed by atoms with Gasteiger partial charge in [-0.2, -0.15) is 4.31 Å². The maximum absolute atomic E-state index is 12.3. The third-order valence-electron chi connectivity index (χ3n) is 2.62. The predicted molar refractivity (Wildman–Crippen MR) is 80.5 cm³/mol. The minimum Gasteiger partial charge on any atom is -0.229 e. The summed E-state index contributed by atoms with van der Waals surface area (Å²) in [6, 6.07) is 4.48. The molecule has 0 atom stereocenters. The summed E-state index contributed by atoms with van der Waals surface area (Å²) in [5.74, 6) is -0.0950. The lowest BCUT2D eigenvalue weighted by Gasteiger charge is -2.18. The second-order valence-corrected chi connectivity index (χ2v) is 9.30. The fourth-order valence-electron chi connectivity index (χ4n) is 1.41. The van der Waals surface area contributed by atoms with Crippen molar-refractivity contribution in [1.82, 2.24) is 4.31 Å². The third kappa shape index (κ3) is 4.60. The first-order chi connectivity index (χ1) is 9.08. The molecule has 0 aromatic heterocycles. The number of sulfonamides is 1. The minimum atomic E-state index is -3.85. The van der Waals surface area contributed by atoms with Crippen LogP contribution in [0.4, 0.5) is 0 Å². The van der Waals surface area contributed by atoms with Crippen LogP contribution in [0.1, 0.15) is 5.56 Å². The molecule has 0 amide bonds. The summed E-state index contributed by atoms with van der Waals surface area (Å²) >= 11 is 11.6. The number of halogens is 2. The van der Waals surface area contributed by atoms with Crippen molar-refractivity contribution in [3.05, 3.63) is 28.8 Å². The van der Waals surface area contributed by atoms with Gasteiger partial charge in [0, 0.05) is 25.7 Å². The fourth-order valence-corrected chi connectivity index (χ4v) is 3.99. The van der Waals surface area contributed by atoms with Crippen molar-refractivity contribution in [2.75, 3.05) is 25.6 Å². The van der Waals surface area contributed by atoms with Gasteiger partial charge < -0.3 is 0 Å². The van der Waals surface area contributed by atoms with Gasteiger partial charge in [0.05, 0.1) is 10.8 Å². The quantitative estimate of drug-likeness (QED) is 0.725. The van der Waals surface area contributed by atoms with Gasteiger partial charge in [-0.05, 0) is 17.7 Å². The monoisotopic (exact) mass is 359 g/mol. The van der Waals surface area contributed by atoms with E-state index in [1.807, 2.05) is 0 Å². The maximum Gasteiger partial charge on any atom is 0.244 e. The molecule has 0 heterocycles. The van der Waals surface area contributed by atoms with E-state index in [4.69, 9.17) is 23.2 Å². The van der Waals surface area contributed by atoms with Gasteiger partial charge in [0.15, 0.2) is 0 Å². The van der Waals surface area contributed by atoms with Crippen LogP contribution in [0.3, 0.4) is 0 Å². The highest BCUT2D eigenvalue weighted by molar-refractivity contribution is 7.91. The van der Waals surface area contributed by atoms with E-state index in [-0.39, 0.29) is 28.1 Å². The molecule has 0 aliphatic heterocycles. The van der Waals surface area contributed by atoms with E-state index in [1.54, 1.807) is 6.07 Å². The number of sulfone groups is 1. The van der Waals surface area contributed by atoms with Gasteiger partial charge in [-0.25, -0.2) is 16.8 Å². The number of nitrogens with zero attached hydrogens (tertiary/aromatic N) is 1. The second kappa shape index (κ2) is 6.62. The summed E-state index contributed by atoms with van der Waals surface area (Å²) < 4.78 is 47.9. The van der Waals surface area contributed by atoms with Gasteiger partial charge in [0.25, 0.3) is 0 Å². The molecule has 0 unspecified atom stereocenters. The first-order valence-electron chi connectivity index (χ1n) is 5.56. The van der Waals surface area contributed by atoms with Crippen molar-refractivity contribution < 1.29 is 16.8 Å². The summed E-state index contributed by atoms with van der Waals surface area (Å²) in [4.78, 5) is -0.0756. The van der Waals surface area contributed by atoms with E-state index >= 15 is 0 Å². The molecule has 114 valence electrons. The molecule has 0 saturated carbocycles. The molecule has 0 N–H and O–H groups in total. The smallest absolute Gasteiger partial charge is 0.229 e. The number of hydrogen-bond acceptors (Lipinski definition) is 4. The molecule has 0 bridgehead atoms. The Labute approximate surface area is 129 Å². The zero-order chi connectivity index (χ0) is 15.6. The molecule has 1 rings (SSSR count). The van der Waals surface area contributed by atoms with Gasteiger partial charge >= 0.3 is 0 Å². The van der Waals surface area contributed by atoms with E-state index in [2.05, 4.69) is 0 Å². The largest absolute Gasteiger partial charge is 0.244 e. The van der Waals surface area contributed by atoms with Crippen molar-refractivity contribution in [3.63, 3.8) is 0 Å². The maximum atomic E-state index is 12.3. The Balaban J connectivity index is 3.10. The first-order valence-corrected chi connectivity index (χ1v) is 9.97. The van der Waals surface area contributed by atoms with Gasteiger partial charge in [-0.15, -0.1) is 11.6 Å². The third-order valence-corrected chi connectivity index (χ3v) is 6.19. The van der Waals surface area contributed by atoms with Crippen LogP contribution >= 0.6 is 23.2 Å². The highest BCUT2D eigenvalue weighted by Gasteiger charge is 2.24. The Morgan fingerprint density at radius 3 is 2.30 bits per heavy atom. The topological polar surface area (TPSA) is 71.5 Å². The Hall–Kier alpha value is -0.340. The summed E-state index contributed by atoms with van der Waals surface area (Å²) in [6.07, 6.45) is 1.05. The Morgan fingerprint density at radius 2 is 1.80 bits per heavy atom. The molecule has 0 saturated heterocycles. The lowest BCUT2D eigenvalue weighted by Crippen LogP contribution is -2.31. The van der Waals surface area contributed by atoms with Crippen molar-refractivity contribution >= 4 is 43.1 Å². The van der Waals surface area contributed by atoms with E-state index < -0.39 is 19.9 Å². The molecule has 0 aliphatic carbocycles. The fraction of sp³-hybridized carbons (Fsp3) is 0.455. The molecular weight excluding hydrogens is 345 g/mol. The van der Waals surface area contributed by atoms with Gasteiger partial charge in [0.1, 0.15) is 14.7 Å². The van der Waals surface area contributed by atoms with Crippen LogP contribution in [-0.2, 0) is 25.7 Å². The van der Waals surface area contributed by atoms with Crippen LogP contribution in [0.5, 0.6) is 0 Å². The lowest BCUT2D eigenvalue weighted by molar-refractivity contribution is 0.485. The Morgan fingerprint density at radius 1 is 1.20 bits per heavy atom. The van der Waals surface area contributed by atoms with Crippen LogP contribution in [-0.4, -0.2) is 46.7 Å². The molecule has 1 aromatic rings. The zero-order valence-corrected chi connectivity index (χ0v) is 14.2. The lowest BCUT2D eigenvalue weighted by atomic mass is 10.2. The molecule has 20 heavy (non-hydrogen) atoms. The van der Waals surface area contributed by atoms with Gasteiger partial charge in [-0.1, -0.05) is 17.7 Å². The van der Waals surface area contributed by atoms with E-state index in [0.29, 0.717) is 5.56 Å². The molecule has 0 spiro atoms. The van der Waals surface area contributed by atoms with E-state index in [1.165, 1.54) is 19.2 Å². The first kappa shape index (κ1) is 17.7. The highest BCUT2D eigenvalue weighted by atomic mass is 35.5. The standard InChI is InChI=1S/C11H15Cl2NO4S2/c1-14(5-6-19(2,15)16)20(17,18)11-7-9(8-12)3-4-10(11)13/h3-4,7H,5-6,8H2,1-2H3. The van der Waals surface area contributed by atoms with Crippen LogP contribution in [0.2, 0.25) is 5.02 Å². The highest BCUT2D eigenvalue weighted by Crippen LogP contribution is 2.25. The Bertz CT molecular complexity index is 686. The number of rotatable bonds is 6. The average Bonchev–Trinajstić information content (AvgIpc) is 2.35. The van der Waals surface area contributed by atoms with Crippen LogP contribution < -0.4 is 0 Å². The summed E-state index contributed by atoms with van der Waals surface area (Å²) in [5, 5.41) is 0.0741. The van der Waals surface area contributed by atoms with Gasteiger partial charge in [0.2, 0.25) is 10.0 Å². The van der Waals surface area contributed by atoms with Crippen molar-refractivity contribution in [2.24, 2.45) is 0 Å². The number of benzene rings is 1. The van der Waals surface area contributed by atoms with Crippen LogP contribution in [0, 0.1) is 0 Å². The SMILES string of the molecule is CN(CCS(C)(=O)=O)S(=O)(=O)c1cc(CCl)ccc1Cl. The molecule has 0 radical (unpaired) electrons. The molecule has 5 nitrogen and oxygen atoms in total.